The highest BCUT2D eigenvalue weighted by atomic mass is 35.5. The van der Waals surface area contributed by atoms with Crippen LogP contribution in [0.4, 0.5) is 5.82 Å². The second-order valence-corrected chi connectivity index (χ2v) is 9.88. The predicted octanol–water partition coefficient (Wildman–Crippen LogP) is 6.35. The highest BCUT2D eigenvalue weighted by molar-refractivity contribution is 6.42. The number of benzene rings is 2. The summed E-state index contributed by atoms with van der Waals surface area (Å²) in [4.78, 5) is 34.0. The molecule has 0 N–H and O–H groups in total. The summed E-state index contributed by atoms with van der Waals surface area (Å²) in [6.45, 7) is 3.30. The molecule has 1 saturated heterocycles. The molecule has 188 valence electrons. The van der Waals surface area contributed by atoms with E-state index < -0.39 is 0 Å². The van der Waals surface area contributed by atoms with E-state index in [1.165, 1.54) is 0 Å². The van der Waals surface area contributed by atoms with Crippen molar-refractivity contribution in [1.29, 1.82) is 0 Å². The quantitative estimate of drug-likeness (QED) is 0.337. The lowest BCUT2D eigenvalue weighted by molar-refractivity contribution is 0.0525. The average molecular weight is 547 g/mol. The number of halogens is 3. The number of rotatable bonds is 6. The van der Waals surface area contributed by atoms with Crippen molar-refractivity contribution < 1.29 is 14.3 Å². The first-order valence-electron chi connectivity index (χ1n) is 11.6. The molecular formula is C27H26Cl3N3O3. The standard InChI is InChI=1S/C27H26Cl3N3O3/c1-3-36-27(35)19-10-12-31-25(15-19)33-13-11-24(21(16-33)18-6-9-22(29)23(30)14-18)32(2)26(34)17-4-7-20(28)8-5-17/h4-10,12,14-15,21,24H,3,11,13,16H2,1-2H3/t21-,24+/m0/s1. The number of piperidine rings is 1. The summed E-state index contributed by atoms with van der Waals surface area (Å²) in [7, 11) is 1.82. The van der Waals surface area contributed by atoms with Crippen LogP contribution in [-0.2, 0) is 4.74 Å². The Hall–Kier alpha value is -2.80. The normalized spacial score (nSPS) is 17.5. The summed E-state index contributed by atoms with van der Waals surface area (Å²) >= 11 is 18.6. The predicted molar refractivity (Wildman–Crippen MR) is 144 cm³/mol. The van der Waals surface area contributed by atoms with Crippen LogP contribution >= 0.6 is 34.8 Å². The zero-order chi connectivity index (χ0) is 25.8. The second kappa shape index (κ2) is 11.5. The van der Waals surface area contributed by atoms with E-state index in [-0.39, 0.29) is 23.8 Å². The fraction of sp³-hybridized carbons (Fsp3) is 0.296. The summed E-state index contributed by atoms with van der Waals surface area (Å²) in [6, 6.07) is 15.7. The number of anilines is 1. The van der Waals surface area contributed by atoms with Crippen molar-refractivity contribution in [2.75, 3.05) is 31.6 Å². The van der Waals surface area contributed by atoms with Crippen molar-refractivity contribution in [3.8, 4) is 0 Å². The summed E-state index contributed by atoms with van der Waals surface area (Å²) in [5, 5.41) is 1.51. The van der Waals surface area contributed by atoms with Gasteiger partial charge in [-0.2, -0.15) is 0 Å². The monoisotopic (exact) mass is 545 g/mol. The van der Waals surface area contributed by atoms with E-state index in [0.717, 1.165) is 5.56 Å². The molecule has 0 radical (unpaired) electrons. The molecule has 2 heterocycles. The maximum Gasteiger partial charge on any atom is 0.338 e. The number of ether oxygens (including phenoxy) is 1. The van der Waals surface area contributed by atoms with Gasteiger partial charge in [-0.25, -0.2) is 9.78 Å². The summed E-state index contributed by atoms with van der Waals surface area (Å²) in [6.07, 6.45) is 2.30. The number of carbonyl (C=O) groups is 2. The lowest BCUT2D eigenvalue weighted by atomic mass is 9.84. The molecule has 2 atom stereocenters. The minimum atomic E-state index is -0.384. The molecule has 1 fully saturated rings. The Morgan fingerprint density at radius 3 is 2.47 bits per heavy atom. The van der Waals surface area contributed by atoms with Crippen LogP contribution in [0.25, 0.3) is 0 Å². The van der Waals surface area contributed by atoms with E-state index >= 15 is 0 Å². The van der Waals surface area contributed by atoms with Crippen molar-refractivity contribution in [2.24, 2.45) is 0 Å². The molecular weight excluding hydrogens is 521 g/mol. The lowest BCUT2D eigenvalue weighted by Crippen LogP contribution is -2.50. The van der Waals surface area contributed by atoms with Crippen molar-refractivity contribution in [2.45, 2.75) is 25.3 Å². The van der Waals surface area contributed by atoms with Crippen LogP contribution in [0.15, 0.2) is 60.8 Å². The third-order valence-corrected chi connectivity index (χ3v) is 7.43. The highest BCUT2D eigenvalue weighted by Gasteiger charge is 2.36. The van der Waals surface area contributed by atoms with Crippen LogP contribution in [-0.4, -0.2) is 54.5 Å². The third-order valence-electron chi connectivity index (χ3n) is 6.44. The number of hydrogen-bond donors (Lipinski definition) is 0. The number of aromatic nitrogens is 1. The van der Waals surface area contributed by atoms with Gasteiger partial charge in [-0.15, -0.1) is 0 Å². The maximum atomic E-state index is 13.3. The number of amides is 1. The zero-order valence-electron chi connectivity index (χ0n) is 20.0. The van der Waals surface area contributed by atoms with Gasteiger partial charge in [0.05, 0.1) is 22.2 Å². The molecule has 0 bridgehead atoms. The van der Waals surface area contributed by atoms with Gasteiger partial charge in [0, 0.05) is 48.9 Å². The smallest absolute Gasteiger partial charge is 0.338 e. The molecule has 0 spiro atoms. The van der Waals surface area contributed by atoms with Gasteiger partial charge in [-0.1, -0.05) is 40.9 Å². The molecule has 0 aliphatic carbocycles. The van der Waals surface area contributed by atoms with Gasteiger partial charge >= 0.3 is 5.97 Å². The fourth-order valence-electron chi connectivity index (χ4n) is 4.56. The van der Waals surface area contributed by atoms with Crippen LogP contribution in [0, 0.1) is 0 Å². The van der Waals surface area contributed by atoms with Gasteiger partial charge in [-0.05, 0) is 67.4 Å². The topological polar surface area (TPSA) is 62.7 Å². The molecule has 1 aliphatic heterocycles. The molecule has 36 heavy (non-hydrogen) atoms. The first-order chi connectivity index (χ1) is 17.3. The van der Waals surface area contributed by atoms with Gasteiger partial charge in [0.2, 0.25) is 0 Å². The molecule has 1 aliphatic rings. The van der Waals surface area contributed by atoms with Crippen LogP contribution in [0.3, 0.4) is 0 Å². The largest absolute Gasteiger partial charge is 0.462 e. The molecule has 4 rings (SSSR count). The van der Waals surface area contributed by atoms with E-state index in [0.29, 0.717) is 58.1 Å². The lowest BCUT2D eigenvalue weighted by Gasteiger charge is -2.43. The third kappa shape index (κ3) is 5.77. The Morgan fingerprint density at radius 2 is 1.78 bits per heavy atom. The van der Waals surface area contributed by atoms with Gasteiger partial charge in [0.1, 0.15) is 5.82 Å². The van der Waals surface area contributed by atoms with Gasteiger partial charge in [-0.3, -0.25) is 4.79 Å². The number of carbonyl (C=O) groups excluding carboxylic acids is 2. The van der Waals surface area contributed by atoms with E-state index in [9.17, 15) is 9.59 Å². The first-order valence-corrected chi connectivity index (χ1v) is 12.8. The summed E-state index contributed by atoms with van der Waals surface area (Å²) in [5.41, 5.74) is 1.99. The SMILES string of the molecule is CCOC(=O)c1ccnc(N2CC[C@@H](N(C)C(=O)c3ccc(Cl)cc3)[C@H](c3ccc(Cl)c(Cl)c3)C2)c1. The fourth-order valence-corrected chi connectivity index (χ4v) is 4.99. The molecule has 9 heteroatoms. The Morgan fingerprint density at radius 1 is 1.03 bits per heavy atom. The van der Waals surface area contributed by atoms with E-state index in [1.807, 2.05) is 19.2 Å². The summed E-state index contributed by atoms with van der Waals surface area (Å²) < 4.78 is 5.14. The highest BCUT2D eigenvalue weighted by Crippen LogP contribution is 2.36. The van der Waals surface area contributed by atoms with E-state index in [2.05, 4.69) is 9.88 Å². The molecule has 1 amide bonds. The molecule has 0 unspecified atom stereocenters. The van der Waals surface area contributed by atoms with Crippen molar-refractivity contribution in [3.63, 3.8) is 0 Å². The minimum absolute atomic E-state index is 0.0807. The number of nitrogens with zero attached hydrogens (tertiary/aromatic N) is 3. The average Bonchev–Trinajstić information content (AvgIpc) is 2.90. The maximum absolute atomic E-state index is 13.3. The van der Waals surface area contributed by atoms with Crippen LogP contribution in [0.1, 0.15) is 45.5 Å². The summed E-state index contributed by atoms with van der Waals surface area (Å²) in [5.74, 6) is 0.126. The van der Waals surface area contributed by atoms with Crippen molar-refractivity contribution in [1.82, 2.24) is 9.88 Å². The number of hydrogen-bond acceptors (Lipinski definition) is 5. The minimum Gasteiger partial charge on any atom is -0.462 e. The molecule has 1 aromatic heterocycles. The van der Waals surface area contributed by atoms with Gasteiger partial charge in [0.15, 0.2) is 0 Å². The first kappa shape index (κ1) is 26.3. The Bertz CT molecular complexity index is 1250. The van der Waals surface area contributed by atoms with Crippen LogP contribution in [0.2, 0.25) is 15.1 Å². The Kier molecular flexibility index (Phi) is 8.39. The zero-order valence-corrected chi connectivity index (χ0v) is 22.2. The van der Waals surface area contributed by atoms with Crippen LogP contribution in [0.5, 0.6) is 0 Å². The molecule has 6 nitrogen and oxygen atoms in total. The molecule has 2 aromatic carbocycles. The number of likely N-dealkylation sites (N-methyl/N-ethyl adjacent to an activating group) is 1. The Balaban J connectivity index is 1.64. The van der Waals surface area contributed by atoms with E-state index in [4.69, 9.17) is 39.5 Å². The second-order valence-electron chi connectivity index (χ2n) is 8.63. The van der Waals surface area contributed by atoms with Crippen molar-refractivity contribution in [3.05, 3.63) is 92.6 Å². The van der Waals surface area contributed by atoms with Gasteiger partial charge < -0.3 is 14.5 Å². The number of pyridine rings is 1. The molecule has 3 aromatic rings. The van der Waals surface area contributed by atoms with Crippen LogP contribution < -0.4 is 4.90 Å². The number of esters is 1. The Labute approximate surface area is 225 Å². The van der Waals surface area contributed by atoms with Gasteiger partial charge in [0.25, 0.3) is 5.91 Å². The van der Waals surface area contributed by atoms with Crippen molar-refractivity contribution >= 4 is 52.5 Å². The van der Waals surface area contributed by atoms with E-state index in [1.54, 1.807) is 60.5 Å². The molecule has 0 saturated carbocycles.